The molecule has 0 radical (unpaired) electrons. The first-order chi connectivity index (χ1) is 7.50. The molecule has 1 aromatic carbocycles. The zero-order valence-electron chi connectivity index (χ0n) is 9.27. The standard InChI is InChI=1S/C12H14N2OS/c1-8-4-3-5-9(6-8)12(2,15)10-7-14-11(13)16-10/h3-7,15H,1-2H3,(H2,13,14). The lowest BCUT2D eigenvalue weighted by Crippen LogP contribution is -2.21. The summed E-state index contributed by atoms with van der Waals surface area (Å²) in [6, 6.07) is 7.81. The quantitative estimate of drug-likeness (QED) is 0.838. The van der Waals surface area contributed by atoms with E-state index in [0.717, 1.165) is 16.0 Å². The number of aromatic nitrogens is 1. The average Bonchev–Trinajstić information content (AvgIpc) is 2.65. The van der Waals surface area contributed by atoms with Crippen molar-refractivity contribution in [2.75, 3.05) is 5.73 Å². The Morgan fingerprint density at radius 1 is 1.44 bits per heavy atom. The van der Waals surface area contributed by atoms with Gasteiger partial charge in [0.15, 0.2) is 5.13 Å². The fourth-order valence-corrected chi connectivity index (χ4v) is 2.36. The third-order valence-electron chi connectivity index (χ3n) is 2.58. The molecular formula is C12H14N2OS. The number of rotatable bonds is 2. The molecule has 2 rings (SSSR count). The van der Waals surface area contributed by atoms with Crippen molar-refractivity contribution < 1.29 is 5.11 Å². The Morgan fingerprint density at radius 3 is 2.75 bits per heavy atom. The summed E-state index contributed by atoms with van der Waals surface area (Å²) in [4.78, 5) is 4.73. The summed E-state index contributed by atoms with van der Waals surface area (Å²) >= 11 is 1.31. The number of hydrogen-bond acceptors (Lipinski definition) is 4. The van der Waals surface area contributed by atoms with Crippen LogP contribution in [0.2, 0.25) is 0 Å². The Hall–Kier alpha value is -1.39. The maximum Gasteiger partial charge on any atom is 0.180 e. The predicted octanol–water partition coefficient (Wildman–Crippen LogP) is 2.29. The Morgan fingerprint density at radius 2 is 2.19 bits per heavy atom. The molecule has 3 N–H and O–H groups in total. The molecule has 3 nitrogen and oxygen atoms in total. The van der Waals surface area contributed by atoms with Gasteiger partial charge >= 0.3 is 0 Å². The van der Waals surface area contributed by atoms with Crippen molar-refractivity contribution in [2.24, 2.45) is 0 Å². The number of nitrogens with two attached hydrogens (primary N) is 1. The summed E-state index contributed by atoms with van der Waals surface area (Å²) in [6.45, 7) is 3.76. The third kappa shape index (κ3) is 1.94. The number of aliphatic hydroxyl groups is 1. The van der Waals surface area contributed by atoms with Crippen LogP contribution >= 0.6 is 11.3 Å². The Bertz CT molecular complexity index is 505. The van der Waals surface area contributed by atoms with Gasteiger partial charge in [0.25, 0.3) is 0 Å². The number of hydrogen-bond donors (Lipinski definition) is 2. The molecule has 84 valence electrons. The van der Waals surface area contributed by atoms with Gasteiger partial charge in [0.05, 0.1) is 4.88 Å². The summed E-state index contributed by atoms with van der Waals surface area (Å²) in [6.07, 6.45) is 1.63. The molecule has 1 atom stereocenters. The number of benzene rings is 1. The summed E-state index contributed by atoms with van der Waals surface area (Å²) in [5, 5.41) is 11.0. The molecule has 1 aromatic heterocycles. The second kappa shape index (κ2) is 3.88. The zero-order chi connectivity index (χ0) is 11.8. The predicted molar refractivity (Wildman–Crippen MR) is 66.4 cm³/mol. The molecule has 0 aliphatic rings. The van der Waals surface area contributed by atoms with Gasteiger partial charge in [0.1, 0.15) is 5.60 Å². The van der Waals surface area contributed by atoms with Crippen molar-refractivity contribution >= 4 is 16.5 Å². The maximum atomic E-state index is 10.5. The van der Waals surface area contributed by atoms with Crippen LogP contribution in [0.15, 0.2) is 30.5 Å². The second-order valence-corrected chi connectivity index (χ2v) is 5.07. The molecule has 0 aliphatic heterocycles. The minimum atomic E-state index is -1.03. The fourth-order valence-electron chi connectivity index (χ4n) is 1.60. The molecule has 1 heterocycles. The van der Waals surface area contributed by atoms with E-state index in [1.807, 2.05) is 31.2 Å². The van der Waals surface area contributed by atoms with Gasteiger partial charge in [-0.1, -0.05) is 41.2 Å². The van der Waals surface area contributed by atoms with E-state index in [9.17, 15) is 5.11 Å². The van der Waals surface area contributed by atoms with E-state index in [2.05, 4.69) is 4.98 Å². The van der Waals surface area contributed by atoms with Crippen LogP contribution in [0.3, 0.4) is 0 Å². The van der Waals surface area contributed by atoms with E-state index in [-0.39, 0.29) is 0 Å². The first kappa shape index (κ1) is 11.1. The van der Waals surface area contributed by atoms with Gasteiger partial charge in [-0.2, -0.15) is 0 Å². The molecule has 0 saturated carbocycles. The monoisotopic (exact) mass is 234 g/mol. The minimum absolute atomic E-state index is 0.475. The molecule has 0 fully saturated rings. The Labute approximate surface area is 98.6 Å². The summed E-state index contributed by atoms with van der Waals surface area (Å²) < 4.78 is 0. The van der Waals surface area contributed by atoms with Crippen molar-refractivity contribution in [1.29, 1.82) is 0 Å². The van der Waals surface area contributed by atoms with E-state index in [1.54, 1.807) is 13.1 Å². The van der Waals surface area contributed by atoms with Crippen LogP contribution < -0.4 is 5.73 Å². The fraction of sp³-hybridized carbons (Fsp3) is 0.250. The van der Waals surface area contributed by atoms with E-state index < -0.39 is 5.60 Å². The molecule has 0 bridgehead atoms. The van der Waals surface area contributed by atoms with Crippen LogP contribution in [0.4, 0.5) is 5.13 Å². The van der Waals surface area contributed by atoms with Gasteiger partial charge in [-0.25, -0.2) is 4.98 Å². The second-order valence-electron chi connectivity index (χ2n) is 4.00. The Balaban J connectivity index is 2.46. The molecule has 4 heteroatoms. The van der Waals surface area contributed by atoms with Crippen molar-refractivity contribution in [2.45, 2.75) is 19.4 Å². The van der Waals surface area contributed by atoms with Crippen molar-refractivity contribution in [3.63, 3.8) is 0 Å². The Kier molecular flexibility index (Phi) is 2.69. The highest BCUT2D eigenvalue weighted by molar-refractivity contribution is 7.15. The normalized spacial score (nSPS) is 14.7. The van der Waals surface area contributed by atoms with Crippen molar-refractivity contribution in [1.82, 2.24) is 4.98 Å². The van der Waals surface area contributed by atoms with Gasteiger partial charge in [0, 0.05) is 6.20 Å². The van der Waals surface area contributed by atoms with Gasteiger partial charge in [-0.3, -0.25) is 0 Å². The average molecular weight is 234 g/mol. The van der Waals surface area contributed by atoms with Crippen LogP contribution in [0, 0.1) is 6.92 Å². The smallest absolute Gasteiger partial charge is 0.180 e. The molecule has 0 aliphatic carbocycles. The van der Waals surface area contributed by atoms with Crippen LogP contribution in [-0.4, -0.2) is 10.1 Å². The summed E-state index contributed by atoms with van der Waals surface area (Å²) in [7, 11) is 0. The van der Waals surface area contributed by atoms with Crippen LogP contribution in [0.25, 0.3) is 0 Å². The topological polar surface area (TPSA) is 59.1 Å². The SMILES string of the molecule is Cc1cccc(C(C)(O)c2cnc(N)s2)c1. The lowest BCUT2D eigenvalue weighted by atomic mass is 9.94. The number of aryl methyl sites for hydroxylation is 1. The first-order valence-corrected chi connectivity index (χ1v) is 5.83. The molecule has 2 aromatic rings. The maximum absolute atomic E-state index is 10.5. The highest BCUT2D eigenvalue weighted by atomic mass is 32.1. The van der Waals surface area contributed by atoms with Gasteiger partial charge in [0.2, 0.25) is 0 Å². The molecule has 1 unspecified atom stereocenters. The van der Waals surface area contributed by atoms with Crippen molar-refractivity contribution in [3.8, 4) is 0 Å². The molecular weight excluding hydrogens is 220 g/mol. The van der Waals surface area contributed by atoms with E-state index in [4.69, 9.17) is 5.73 Å². The molecule has 0 spiro atoms. The van der Waals surface area contributed by atoms with Gasteiger partial charge < -0.3 is 10.8 Å². The van der Waals surface area contributed by atoms with Gasteiger partial charge in [-0.15, -0.1) is 0 Å². The third-order valence-corrected chi connectivity index (χ3v) is 3.62. The number of anilines is 1. The van der Waals surface area contributed by atoms with Crippen LogP contribution in [0.5, 0.6) is 0 Å². The molecule has 16 heavy (non-hydrogen) atoms. The molecule has 0 saturated heterocycles. The first-order valence-electron chi connectivity index (χ1n) is 5.01. The number of nitrogens with zero attached hydrogens (tertiary/aromatic N) is 1. The van der Waals surface area contributed by atoms with Crippen LogP contribution in [-0.2, 0) is 5.60 Å². The summed E-state index contributed by atoms with van der Waals surface area (Å²) in [5.74, 6) is 0. The van der Waals surface area contributed by atoms with E-state index in [0.29, 0.717) is 5.13 Å². The zero-order valence-corrected chi connectivity index (χ0v) is 10.1. The van der Waals surface area contributed by atoms with Gasteiger partial charge in [-0.05, 0) is 19.4 Å². The highest BCUT2D eigenvalue weighted by Crippen LogP contribution is 2.33. The number of nitrogen functional groups attached to an aromatic ring is 1. The van der Waals surface area contributed by atoms with Crippen LogP contribution in [0.1, 0.15) is 22.9 Å². The molecule has 0 amide bonds. The van der Waals surface area contributed by atoms with E-state index >= 15 is 0 Å². The lowest BCUT2D eigenvalue weighted by molar-refractivity contribution is 0.106. The number of thiazole rings is 1. The van der Waals surface area contributed by atoms with E-state index in [1.165, 1.54) is 11.3 Å². The largest absolute Gasteiger partial charge is 0.380 e. The lowest BCUT2D eigenvalue weighted by Gasteiger charge is -2.22. The minimum Gasteiger partial charge on any atom is -0.380 e. The van der Waals surface area contributed by atoms with Crippen molar-refractivity contribution in [3.05, 3.63) is 46.5 Å². The highest BCUT2D eigenvalue weighted by Gasteiger charge is 2.27. The summed E-state index contributed by atoms with van der Waals surface area (Å²) in [5.41, 5.74) is 6.53.